The Kier molecular flexibility index (Phi) is 5.16. The predicted octanol–water partition coefficient (Wildman–Crippen LogP) is 0.946. The predicted molar refractivity (Wildman–Crippen MR) is 82.8 cm³/mol. The fourth-order valence-electron chi connectivity index (χ4n) is 2.79. The van der Waals surface area contributed by atoms with Gasteiger partial charge < -0.3 is 15.3 Å². The molecule has 0 radical (unpaired) electrons. The highest BCUT2D eigenvalue weighted by Crippen LogP contribution is 2.26. The van der Waals surface area contributed by atoms with Gasteiger partial charge in [-0.05, 0) is 26.6 Å². The van der Waals surface area contributed by atoms with Crippen molar-refractivity contribution in [1.82, 2.24) is 15.1 Å². The molecule has 0 saturated carbocycles. The van der Waals surface area contributed by atoms with Crippen LogP contribution in [0.2, 0.25) is 0 Å². The number of hydrogen-bond acceptors (Lipinski definition) is 4. The summed E-state index contributed by atoms with van der Waals surface area (Å²) in [7, 11) is 4.10. The van der Waals surface area contributed by atoms with Gasteiger partial charge in [0.1, 0.15) is 0 Å². The Morgan fingerprint density at radius 1 is 1.30 bits per heavy atom. The summed E-state index contributed by atoms with van der Waals surface area (Å²) in [5.74, 6) is 0. The number of aliphatic hydroxyl groups excluding tert-OH is 1. The van der Waals surface area contributed by atoms with Gasteiger partial charge in [0.15, 0.2) is 0 Å². The van der Waals surface area contributed by atoms with E-state index in [1.54, 1.807) is 0 Å². The molecule has 20 heavy (non-hydrogen) atoms. The van der Waals surface area contributed by atoms with Crippen LogP contribution in [0, 0.1) is 0 Å². The lowest BCUT2D eigenvalue weighted by Crippen LogP contribution is -2.57. The van der Waals surface area contributed by atoms with Gasteiger partial charge in [0, 0.05) is 32.2 Å². The molecule has 0 amide bonds. The summed E-state index contributed by atoms with van der Waals surface area (Å²) < 4.78 is 0. The second kappa shape index (κ2) is 6.68. The molecular formula is C16H27N3O. The first kappa shape index (κ1) is 15.4. The monoisotopic (exact) mass is 277 g/mol. The second-order valence-corrected chi connectivity index (χ2v) is 6.13. The number of nitrogens with zero attached hydrogens (tertiary/aromatic N) is 2. The highest BCUT2D eigenvalue weighted by molar-refractivity contribution is 5.20. The maximum atomic E-state index is 9.63. The van der Waals surface area contributed by atoms with Gasteiger partial charge in [-0.2, -0.15) is 0 Å². The van der Waals surface area contributed by atoms with Crippen LogP contribution >= 0.6 is 0 Å². The highest BCUT2D eigenvalue weighted by atomic mass is 16.3. The maximum absolute atomic E-state index is 9.63. The van der Waals surface area contributed by atoms with E-state index in [1.807, 2.05) is 7.05 Å². The molecule has 2 N–H and O–H groups in total. The van der Waals surface area contributed by atoms with Crippen LogP contribution < -0.4 is 5.32 Å². The number of piperazine rings is 1. The molecule has 4 nitrogen and oxygen atoms in total. The Morgan fingerprint density at radius 3 is 2.60 bits per heavy atom. The number of likely N-dealkylation sites (N-methyl/N-ethyl adjacent to an activating group) is 2. The summed E-state index contributed by atoms with van der Waals surface area (Å²) in [6, 6.07) is 11.1. The van der Waals surface area contributed by atoms with Crippen molar-refractivity contribution in [1.29, 1.82) is 0 Å². The van der Waals surface area contributed by atoms with Crippen molar-refractivity contribution in [3.8, 4) is 0 Å². The Labute approximate surface area is 122 Å². The summed E-state index contributed by atoms with van der Waals surface area (Å²) in [4.78, 5) is 4.87. The van der Waals surface area contributed by atoms with Gasteiger partial charge in [-0.1, -0.05) is 30.3 Å². The molecule has 2 rings (SSSR count). The van der Waals surface area contributed by atoms with E-state index in [4.69, 9.17) is 0 Å². The van der Waals surface area contributed by atoms with Gasteiger partial charge in [-0.25, -0.2) is 0 Å². The first-order chi connectivity index (χ1) is 9.58. The van der Waals surface area contributed by atoms with Gasteiger partial charge in [0.25, 0.3) is 0 Å². The fourth-order valence-corrected chi connectivity index (χ4v) is 2.79. The van der Waals surface area contributed by atoms with E-state index in [1.165, 1.54) is 5.56 Å². The van der Waals surface area contributed by atoms with Gasteiger partial charge in [0.05, 0.1) is 12.1 Å². The van der Waals surface area contributed by atoms with Crippen molar-refractivity contribution in [2.45, 2.75) is 18.5 Å². The molecule has 0 spiro atoms. The SMILES string of the molecule is CNC(C)(CO)CN1CCN(C)CC1c1ccccc1. The summed E-state index contributed by atoms with van der Waals surface area (Å²) in [6.45, 7) is 6.23. The normalized spacial score (nSPS) is 24.5. The number of nitrogens with one attached hydrogen (secondary N) is 1. The second-order valence-electron chi connectivity index (χ2n) is 6.13. The summed E-state index contributed by atoms with van der Waals surface area (Å²) in [5.41, 5.74) is 1.11. The topological polar surface area (TPSA) is 38.7 Å². The van der Waals surface area contributed by atoms with E-state index >= 15 is 0 Å². The lowest BCUT2D eigenvalue weighted by Gasteiger charge is -2.44. The van der Waals surface area contributed by atoms with Gasteiger partial charge in [-0.15, -0.1) is 0 Å². The molecular weight excluding hydrogens is 250 g/mol. The quantitative estimate of drug-likeness (QED) is 0.840. The minimum atomic E-state index is -0.247. The number of benzene rings is 1. The van der Waals surface area contributed by atoms with Crippen molar-refractivity contribution in [3.63, 3.8) is 0 Å². The van der Waals surface area contributed by atoms with E-state index in [0.717, 1.165) is 26.2 Å². The van der Waals surface area contributed by atoms with Crippen LogP contribution in [0.3, 0.4) is 0 Å². The third-order valence-electron chi connectivity index (χ3n) is 4.38. The Balaban J connectivity index is 2.17. The average Bonchev–Trinajstić information content (AvgIpc) is 2.50. The molecule has 0 aromatic heterocycles. The maximum Gasteiger partial charge on any atom is 0.0623 e. The largest absolute Gasteiger partial charge is 0.394 e. The Hall–Kier alpha value is -0.940. The first-order valence-electron chi connectivity index (χ1n) is 7.35. The van der Waals surface area contributed by atoms with Crippen molar-refractivity contribution in [2.24, 2.45) is 0 Å². The Morgan fingerprint density at radius 2 is 2.00 bits per heavy atom. The van der Waals surface area contributed by atoms with Crippen LogP contribution in [0.1, 0.15) is 18.5 Å². The smallest absolute Gasteiger partial charge is 0.0623 e. The molecule has 1 saturated heterocycles. The van der Waals surface area contributed by atoms with E-state index < -0.39 is 0 Å². The minimum absolute atomic E-state index is 0.150. The zero-order valence-electron chi connectivity index (χ0n) is 12.8. The number of rotatable bonds is 5. The van der Waals surface area contributed by atoms with Gasteiger partial charge in [-0.3, -0.25) is 4.90 Å². The van der Waals surface area contributed by atoms with Crippen LogP contribution in [-0.4, -0.2) is 67.3 Å². The van der Waals surface area contributed by atoms with Crippen LogP contribution in [0.15, 0.2) is 30.3 Å². The molecule has 2 atom stereocenters. The molecule has 1 aliphatic rings. The molecule has 1 aliphatic heterocycles. The molecule has 1 aromatic rings. The molecule has 1 fully saturated rings. The molecule has 1 heterocycles. The van der Waals surface area contributed by atoms with E-state index in [9.17, 15) is 5.11 Å². The molecule has 0 aliphatic carbocycles. The third kappa shape index (κ3) is 3.58. The molecule has 0 bridgehead atoms. The standard InChI is InChI=1S/C16H27N3O/c1-16(13-20,17-2)12-19-10-9-18(3)11-15(19)14-7-5-4-6-8-14/h4-8,15,17,20H,9-13H2,1-3H3. The van der Waals surface area contributed by atoms with E-state index in [-0.39, 0.29) is 12.1 Å². The molecule has 112 valence electrons. The van der Waals surface area contributed by atoms with E-state index in [2.05, 4.69) is 59.4 Å². The minimum Gasteiger partial charge on any atom is -0.394 e. The van der Waals surface area contributed by atoms with Crippen molar-refractivity contribution >= 4 is 0 Å². The summed E-state index contributed by atoms with van der Waals surface area (Å²) in [5, 5.41) is 12.9. The first-order valence-corrected chi connectivity index (χ1v) is 7.35. The van der Waals surface area contributed by atoms with E-state index in [0.29, 0.717) is 6.04 Å². The summed E-state index contributed by atoms with van der Waals surface area (Å²) >= 11 is 0. The molecule has 1 aromatic carbocycles. The number of hydrogen-bond donors (Lipinski definition) is 2. The number of aliphatic hydroxyl groups is 1. The van der Waals surface area contributed by atoms with Crippen LogP contribution in [0.5, 0.6) is 0 Å². The van der Waals surface area contributed by atoms with Crippen LogP contribution in [0.25, 0.3) is 0 Å². The zero-order valence-corrected chi connectivity index (χ0v) is 12.8. The van der Waals surface area contributed by atoms with Crippen molar-refractivity contribution in [3.05, 3.63) is 35.9 Å². The molecule has 2 unspecified atom stereocenters. The van der Waals surface area contributed by atoms with Crippen molar-refractivity contribution < 1.29 is 5.11 Å². The highest BCUT2D eigenvalue weighted by Gasteiger charge is 2.32. The third-order valence-corrected chi connectivity index (χ3v) is 4.38. The van der Waals surface area contributed by atoms with Crippen LogP contribution in [0.4, 0.5) is 0 Å². The lowest BCUT2D eigenvalue weighted by atomic mass is 9.97. The van der Waals surface area contributed by atoms with Gasteiger partial charge >= 0.3 is 0 Å². The summed E-state index contributed by atoms with van der Waals surface area (Å²) in [6.07, 6.45) is 0. The molecule has 4 heteroatoms. The average molecular weight is 277 g/mol. The zero-order chi connectivity index (χ0) is 14.6. The lowest BCUT2D eigenvalue weighted by molar-refractivity contribution is 0.0480. The van der Waals surface area contributed by atoms with Crippen LogP contribution in [-0.2, 0) is 0 Å². The fraction of sp³-hybridized carbons (Fsp3) is 0.625. The van der Waals surface area contributed by atoms with Gasteiger partial charge in [0.2, 0.25) is 0 Å². The Bertz CT molecular complexity index is 405. The van der Waals surface area contributed by atoms with Crippen molar-refractivity contribution in [2.75, 3.05) is 46.9 Å².